The fraction of sp³-hybridized carbons (Fsp3) is 0.462. The standard InChI is InChI=1S/C13H16ClN3/c1-16-8-9-17(10-13(16)6-7-15)12-4-2-11(14)3-5-12/h2-5,13H,6,8-10H2,1H3. The molecule has 0 amide bonds. The molecule has 0 spiro atoms. The molecule has 1 aliphatic rings. The van der Waals surface area contributed by atoms with Crippen molar-refractivity contribution < 1.29 is 0 Å². The molecule has 1 aromatic rings. The number of nitriles is 1. The first-order valence-electron chi connectivity index (χ1n) is 5.78. The first kappa shape index (κ1) is 12.2. The summed E-state index contributed by atoms with van der Waals surface area (Å²) in [4.78, 5) is 4.58. The van der Waals surface area contributed by atoms with Gasteiger partial charge in [0.15, 0.2) is 0 Å². The van der Waals surface area contributed by atoms with Crippen molar-refractivity contribution in [3.63, 3.8) is 0 Å². The van der Waals surface area contributed by atoms with E-state index in [0.29, 0.717) is 12.5 Å². The minimum Gasteiger partial charge on any atom is -0.369 e. The molecule has 1 unspecified atom stereocenters. The Labute approximate surface area is 107 Å². The van der Waals surface area contributed by atoms with Gasteiger partial charge in [0, 0.05) is 36.4 Å². The van der Waals surface area contributed by atoms with Gasteiger partial charge >= 0.3 is 0 Å². The Morgan fingerprint density at radius 3 is 2.71 bits per heavy atom. The van der Waals surface area contributed by atoms with Crippen LogP contribution in [-0.4, -0.2) is 37.6 Å². The highest BCUT2D eigenvalue weighted by molar-refractivity contribution is 6.30. The van der Waals surface area contributed by atoms with Gasteiger partial charge in [0.2, 0.25) is 0 Å². The summed E-state index contributed by atoms with van der Waals surface area (Å²) in [5.41, 5.74) is 1.19. The van der Waals surface area contributed by atoms with E-state index in [4.69, 9.17) is 16.9 Å². The highest BCUT2D eigenvalue weighted by Crippen LogP contribution is 2.21. The molecule has 17 heavy (non-hydrogen) atoms. The average Bonchev–Trinajstić information content (AvgIpc) is 2.33. The Kier molecular flexibility index (Phi) is 3.88. The van der Waals surface area contributed by atoms with Gasteiger partial charge in [-0.25, -0.2) is 0 Å². The van der Waals surface area contributed by atoms with Crippen LogP contribution in [0.5, 0.6) is 0 Å². The summed E-state index contributed by atoms with van der Waals surface area (Å²) in [7, 11) is 2.08. The molecule has 0 N–H and O–H groups in total. The van der Waals surface area contributed by atoms with Crippen molar-refractivity contribution in [2.24, 2.45) is 0 Å². The first-order chi connectivity index (χ1) is 8.20. The number of rotatable bonds is 2. The maximum atomic E-state index is 8.82. The quantitative estimate of drug-likeness (QED) is 0.806. The maximum Gasteiger partial charge on any atom is 0.0638 e. The number of benzene rings is 1. The third-order valence-electron chi connectivity index (χ3n) is 3.30. The number of hydrogen-bond donors (Lipinski definition) is 0. The number of piperazine rings is 1. The zero-order valence-electron chi connectivity index (χ0n) is 9.93. The number of likely N-dealkylation sites (N-methyl/N-ethyl adjacent to an activating group) is 1. The number of anilines is 1. The molecule has 1 atom stereocenters. The molecular weight excluding hydrogens is 234 g/mol. The Bertz CT molecular complexity index is 410. The van der Waals surface area contributed by atoms with Crippen LogP contribution >= 0.6 is 11.6 Å². The molecule has 1 fully saturated rings. The second kappa shape index (κ2) is 5.39. The third kappa shape index (κ3) is 2.91. The highest BCUT2D eigenvalue weighted by atomic mass is 35.5. The second-order valence-corrected chi connectivity index (χ2v) is 4.86. The molecule has 4 heteroatoms. The molecule has 0 aromatic heterocycles. The van der Waals surface area contributed by atoms with Gasteiger partial charge in [0.1, 0.15) is 0 Å². The lowest BCUT2D eigenvalue weighted by molar-refractivity contribution is 0.221. The van der Waals surface area contributed by atoms with E-state index < -0.39 is 0 Å². The topological polar surface area (TPSA) is 30.3 Å². The van der Waals surface area contributed by atoms with E-state index in [2.05, 4.69) is 22.9 Å². The van der Waals surface area contributed by atoms with E-state index in [1.807, 2.05) is 24.3 Å². The SMILES string of the molecule is CN1CCN(c2ccc(Cl)cc2)CC1CC#N. The monoisotopic (exact) mass is 249 g/mol. The van der Waals surface area contributed by atoms with Crippen LogP contribution < -0.4 is 4.90 Å². The van der Waals surface area contributed by atoms with Gasteiger partial charge in [-0.3, -0.25) is 4.90 Å². The van der Waals surface area contributed by atoms with Crippen molar-refractivity contribution >= 4 is 17.3 Å². The summed E-state index contributed by atoms with van der Waals surface area (Å²) in [5, 5.41) is 9.58. The Hall–Kier alpha value is -1.24. The molecule has 1 heterocycles. The number of halogens is 1. The highest BCUT2D eigenvalue weighted by Gasteiger charge is 2.23. The third-order valence-corrected chi connectivity index (χ3v) is 3.55. The van der Waals surface area contributed by atoms with Gasteiger partial charge in [-0.05, 0) is 31.3 Å². The maximum absolute atomic E-state index is 8.82. The van der Waals surface area contributed by atoms with E-state index >= 15 is 0 Å². The second-order valence-electron chi connectivity index (χ2n) is 4.42. The average molecular weight is 250 g/mol. The minimum absolute atomic E-state index is 0.324. The number of nitrogens with zero attached hydrogens (tertiary/aromatic N) is 3. The lowest BCUT2D eigenvalue weighted by atomic mass is 10.1. The molecule has 0 bridgehead atoms. The van der Waals surface area contributed by atoms with Crippen LogP contribution in [0.15, 0.2) is 24.3 Å². The molecule has 3 nitrogen and oxygen atoms in total. The van der Waals surface area contributed by atoms with Gasteiger partial charge in [-0.1, -0.05) is 11.6 Å². The van der Waals surface area contributed by atoms with Crippen LogP contribution in [0.2, 0.25) is 5.02 Å². The lowest BCUT2D eigenvalue weighted by Gasteiger charge is -2.39. The van der Waals surface area contributed by atoms with Crippen molar-refractivity contribution in [2.45, 2.75) is 12.5 Å². The van der Waals surface area contributed by atoms with Gasteiger partial charge < -0.3 is 4.90 Å². The lowest BCUT2D eigenvalue weighted by Crippen LogP contribution is -2.51. The zero-order valence-corrected chi connectivity index (χ0v) is 10.7. The van der Waals surface area contributed by atoms with Gasteiger partial charge in [-0.15, -0.1) is 0 Å². The van der Waals surface area contributed by atoms with E-state index in [0.717, 1.165) is 24.7 Å². The Morgan fingerprint density at radius 2 is 2.06 bits per heavy atom. The van der Waals surface area contributed by atoms with Crippen molar-refractivity contribution in [1.82, 2.24) is 4.90 Å². The fourth-order valence-electron chi connectivity index (χ4n) is 2.16. The van der Waals surface area contributed by atoms with Crippen LogP contribution in [-0.2, 0) is 0 Å². The van der Waals surface area contributed by atoms with Crippen molar-refractivity contribution in [2.75, 3.05) is 31.6 Å². The summed E-state index contributed by atoms with van der Waals surface area (Å²) in [6.07, 6.45) is 0.584. The van der Waals surface area contributed by atoms with E-state index in [1.165, 1.54) is 5.69 Å². The summed E-state index contributed by atoms with van der Waals surface area (Å²) >= 11 is 5.88. The smallest absolute Gasteiger partial charge is 0.0638 e. The molecule has 2 rings (SSSR count). The van der Waals surface area contributed by atoms with E-state index in [9.17, 15) is 0 Å². The normalized spacial score (nSPS) is 21.2. The minimum atomic E-state index is 0.324. The van der Waals surface area contributed by atoms with Crippen LogP contribution in [0, 0.1) is 11.3 Å². The summed E-state index contributed by atoms with van der Waals surface area (Å²) in [6, 6.07) is 10.5. The Balaban J connectivity index is 2.08. The predicted octanol–water partition coefficient (Wildman–Crippen LogP) is 2.37. The molecule has 0 aliphatic carbocycles. The largest absolute Gasteiger partial charge is 0.369 e. The fourth-order valence-corrected chi connectivity index (χ4v) is 2.28. The van der Waals surface area contributed by atoms with Crippen molar-refractivity contribution in [3.05, 3.63) is 29.3 Å². The molecule has 1 aromatic carbocycles. The molecule has 1 saturated heterocycles. The summed E-state index contributed by atoms with van der Waals surface area (Å²) in [5.74, 6) is 0. The molecule has 1 aliphatic heterocycles. The molecule has 90 valence electrons. The first-order valence-corrected chi connectivity index (χ1v) is 6.16. The van der Waals surface area contributed by atoms with E-state index in [-0.39, 0.29) is 0 Å². The van der Waals surface area contributed by atoms with E-state index in [1.54, 1.807) is 0 Å². The van der Waals surface area contributed by atoms with Crippen molar-refractivity contribution in [1.29, 1.82) is 5.26 Å². The summed E-state index contributed by atoms with van der Waals surface area (Å²) < 4.78 is 0. The predicted molar refractivity (Wildman–Crippen MR) is 70.3 cm³/mol. The Morgan fingerprint density at radius 1 is 1.35 bits per heavy atom. The summed E-state index contributed by atoms with van der Waals surface area (Å²) in [6.45, 7) is 2.90. The number of hydrogen-bond acceptors (Lipinski definition) is 3. The van der Waals surface area contributed by atoms with Gasteiger partial charge in [-0.2, -0.15) is 5.26 Å². The van der Waals surface area contributed by atoms with Crippen molar-refractivity contribution in [3.8, 4) is 6.07 Å². The van der Waals surface area contributed by atoms with Gasteiger partial charge in [0.05, 0.1) is 12.5 Å². The zero-order chi connectivity index (χ0) is 12.3. The van der Waals surface area contributed by atoms with Crippen LogP contribution in [0.4, 0.5) is 5.69 Å². The molecule has 0 saturated carbocycles. The van der Waals surface area contributed by atoms with Crippen LogP contribution in [0.1, 0.15) is 6.42 Å². The molecular formula is C13H16ClN3. The van der Waals surface area contributed by atoms with Crippen LogP contribution in [0.25, 0.3) is 0 Å². The van der Waals surface area contributed by atoms with Crippen LogP contribution in [0.3, 0.4) is 0 Å². The molecule has 0 radical (unpaired) electrons. The van der Waals surface area contributed by atoms with Gasteiger partial charge in [0.25, 0.3) is 0 Å².